The first-order valence-corrected chi connectivity index (χ1v) is 16.7. The Morgan fingerprint density at radius 1 is 0.480 bits per heavy atom. The molecular weight excluding hydrogens is 601 g/mol. The van der Waals surface area contributed by atoms with Crippen LogP contribution in [0.4, 0.5) is 0 Å². The molecule has 0 unspecified atom stereocenters. The van der Waals surface area contributed by atoms with Crippen LogP contribution in [0, 0.1) is 0 Å². The molecule has 0 bridgehead atoms. The quantitative estimate of drug-likeness (QED) is 0.117. The summed E-state index contributed by atoms with van der Waals surface area (Å²) in [6.07, 6.45) is 17.7. The van der Waals surface area contributed by atoms with Gasteiger partial charge in [0.2, 0.25) is 0 Å². The highest BCUT2D eigenvalue weighted by molar-refractivity contribution is 6.11. The second-order valence-corrected chi connectivity index (χ2v) is 12.1. The highest BCUT2D eigenvalue weighted by atomic mass is 14.2. The van der Waals surface area contributed by atoms with Crippen molar-refractivity contribution in [1.82, 2.24) is 0 Å². The Morgan fingerprint density at radius 3 is 1.84 bits per heavy atom. The average molecular weight is 641 g/mol. The predicted molar refractivity (Wildman–Crippen MR) is 224 cm³/mol. The maximum Gasteiger partial charge on any atom is -0.00261 e. The lowest BCUT2D eigenvalue weighted by Crippen LogP contribution is -1.98. The van der Waals surface area contributed by atoms with Gasteiger partial charge in [-0.2, -0.15) is 0 Å². The molecule has 0 N–H and O–H groups in total. The lowest BCUT2D eigenvalue weighted by molar-refractivity contribution is 1.56. The third-order valence-electron chi connectivity index (χ3n) is 9.03. The van der Waals surface area contributed by atoms with Crippen molar-refractivity contribution in [2.75, 3.05) is 0 Å². The summed E-state index contributed by atoms with van der Waals surface area (Å²) in [5, 5.41) is 4.61. The van der Waals surface area contributed by atoms with Gasteiger partial charge in [-0.05, 0) is 100 Å². The molecule has 0 amide bonds. The van der Waals surface area contributed by atoms with E-state index >= 15 is 0 Å². The fraction of sp³-hybridized carbons (Fsp3) is 0. The molecule has 50 heavy (non-hydrogen) atoms. The zero-order valence-corrected chi connectivity index (χ0v) is 28.4. The molecule has 6 rings (SSSR count). The SMILES string of the molecule is C=C/C=C\c1ccccc1/C=C\C(=C)C(=C)/C=C\C(=C)c1c(C=C)c(C=C)c(-c2ccc3ccccc3c2)c2cc(-c3ccccc3)ccc12. The standard InChI is InChI=1S/C50H40/c1-7-10-18-38-21-14-15-22-40(38)28-27-36(5)35(4)25-26-37(6)49-45(8-2)46(9-3)50(44-30-29-41-23-16-17-24-42(41)33-44)48-34-43(31-32-47(48)49)39-19-12-11-13-20-39/h7-34H,1-6H2/b18-10-,26-25-,28-27-. The molecule has 0 heteroatoms. The fourth-order valence-corrected chi connectivity index (χ4v) is 6.44. The summed E-state index contributed by atoms with van der Waals surface area (Å²) in [4.78, 5) is 0. The molecule has 0 saturated heterocycles. The molecule has 0 aliphatic carbocycles. The Morgan fingerprint density at radius 2 is 1.12 bits per heavy atom. The van der Waals surface area contributed by atoms with Crippen LogP contribution < -0.4 is 0 Å². The number of rotatable bonds is 12. The normalized spacial score (nSPS) is 11.4. The number of hydrogen-bond acceptors (Lipinski definition) is 0. The summed E-state index contributed by atoms with van der Waals surface area (Å²) in [5.74, 6) is 0. The largest absolute Gasteiger partial charge is 0.0991 e. The molecular formula is C50H40. The van der Waals surface area contributed by atoms with Crippen LogP contribution in [0.2, 0.25) is 0 Å². The molecule has 0 aliphatic heterocycles. The molecule has 0 spiro atoms. The van der Waals surface area contributed by atoms with E-state index in [1.807, 2.05) is 60.7 Å². The summed E-state index contributed by atoms with van der Waals surface area (Å²) in [7, 11) is 0. The third-order valence-corrected chi connectivity index (χ3v) is 9.03. The maximum absolute atomic E-state index is 4.57. The van der Waals surface area contributed by atoms with Crippen molar-refractivity contribution in [3.63, 3.8) is 0 Å². The second-order valence-electron chi connectivity index (χ2n) is 12.1. The first-order chi connectivity index (χ1) is 24.4. The summed E-state index contributed by atoms with van der Waals surface area (Å²) < 4.78 is 0. The number of hydrogen-bond donors (Lipinski definition) is 0. The van der Waals surface area contributed by atoms with Crippen LogP contribution in [0.5, 0.6) is 0 Å². The van der Waals surface area contributed by atoms with Crippen molar-refractivity contribution in [2.45, 2.75) is 0 Å². The molecule has 0 fully saturated rings. The summed E-state index contributed by atoms with van der Waals surface area (Å²) in [6.45, 7) is 25.6. The van der Waals surface area contributed by atoms with Gasteiger partial charge in [-0.15, -0.1) is 0 Å². The second kappa shape index (κ2) is 15.2. The molecule has 0 aliphatic rings. The lowest BCUT2D eigenvalue weighted by atomic mass is 9.82. The highest BCUT2D eigenvalue weighted by Crippen LogP contribution is 2.43. The molecule has 6 aromatic carbocycles. The van der Waals surface area contributed by atoms with E-state index in [9.17, 15) is 0 Å². The van der Waals surface area contributed by atoms with Gasteiger partial charge in [-0.3, -0.25) is 0 Å². The Bertz CT molecular complexity index is 2400. The van der Waals surface area contributed by atoms with E-state index in [1.54, 1.807) is 6.08 Å². The Hall–Kier alpha value is -6.50. The highest BCUT2D eigenvalue weighted by Gasteiger charge is 2.19. The summed E-state index contributed by atoms with van der Waals surface area (Å²) in [5.41, 5.74) is 12.3. The van der Waals surface area contributed by atoms with E-state index in [1.165, 1.54) is 10.8 Å². The van der Waals surface area contributed by atoms with Crippen LogP contribution in [-0.2, 0) is 0 Å². The molecule has 0 atom stereocenters. The zero-order valence-electron chi connectivity index (χ0n) is 28.4. The molecule has 0 aromatic heterocycles. The van der Waals surface area contributed by atoms with Crippen molar-refractivity contribution in [1.29, 1.82) is 0 Å². The van der Waals surface area contributed by atoms with Crippen LogP contribution in [0.25, 0.3) is 73.7 Å². The predicted octanol–water partition coefficient (Wildman–Crippen LogP) is 14.2. The monoisotopic (exact) mass is 640 g/mol. The van der Waals surface area contributed by atoms with Crippen LogP contribution in [0.3, 0.4) is 0 Å². The first kappa shape index (κ1) is 33.4. The van der Waals surface area contributed by atoms with E-state index in [4.69, 9.17) is 0 Å². The summed E-state index contributed by atoms with van der Waals surface area (Å²) in [6, 6.07) is 40.5. The lowest BCUT2D eigenvalue weighted by Gasteiger charge is -2.21. The maximum atomic E-state index is 4.57. The van der Waals surface area contributed by atoms with E-state index in [0.717, 1.165) is 77.6 Å². The Kier molecular flexibility index (Phi) is 10.1. The van der Waals surface area contributed by atoms with Crippen molar-refractivity contribution >= 4 is 51.4 Å². The van der Waals surface area contributed by atoms with E-state index in [2.05, 4.69) is 143 Å². The van der Waals surface area contributed by atoms with Gasteiger partial charge in [-0.1, -0.05) is 197 Å². The van der Waals surface area contributed by atoms with E-state index in [-0.39, 0.29) is 0 Å². The van der Waals surface area contributed by atoms with Crippen LogP contribution >= 0.6 is 0 Å². The fourth-order valence-electron chi connectivity index (χ4n) is 6.44. The molecule has 0 radical (unpaired) electrons. The molecule has 6 aromatic rings. The number of fused-ring (bicyclic) bond motifs is 2. The average Bonchev–Trinajstić information content (AvgIpc) is 3.17. The van der Waals surface area contributed by atoms with Gasteiger partial charge in [-0.25, -0.2) is 0 Å². The minimum atomic E-state index is 0.800. The van der Waals surface area contributed by atoms with E-state index < -0.39 is 0 Å². The molecule has 0 heterocycles. The first-order valence-electron chi connectivity index (χ1n) is 16.7. The van der Waals surface area contributed by atoms with Crippen LogP contribution in [-0.4, -0.2) is 0 Å². The number of benzene rings is 6. The Balaban J connectivity index is 1.44. The van der Waals surface area contributed by atoms with Gasteiger partial charge >= 0.3 is 0 Å². The van der Waals surface area contributed by atoms with Gasteiger partial charge in [0.1, 0.15) is 0 Å². The minimum Gasteiger partial charge on any atom is -0.0991 e. The van der Waals surface area contributed by atoms with E-state index in [0.29, 0.717) is 0 Å². The van der Waals surface area contributed by atoms with Crippen molar-refractivity contribution in [3.05, 3.63) is 224 Å². The van der Waals surface area contributed by atoms with Gasteiger partial charge in [0.25, 0.3) is 0 Å². The van der Waals surface area contributed by atoms with Gasteiger partial charge in [0, 0.05) is 0 Å². The zero-order chi connectivity index (χ0) is 35.0. The van der Waals surface area contributed by atoms with Crippen molar-refractivity contribution < 1.29 is 0 Å². The Labute approximate surface area is 296 Å². The number of allylic oxidation sites excluding steroid dienone is 8. The van der Waals surface area contributed by atoms with Gasteiger partial charge < -0.3 is 0 Å². The summed E-state index contributed by atoms with van der Waals surface area (Å²) >= 11 is 0. The van der Waals surface area contributed by atoms with Gasteiger partial charge in [0.15, 0.2) is 0 Å². The molecule has 0 saturated carbocycles. The van der Waals surface area contributed by atoms with Crippen LogP contribution in [0.15, 0.2) is 196 Å². The van der Waals surface area contributed by atoms with Crippen molar-refractivity contribution in [2.24, 2.45) is 0 Å². The third kappa shape index (κ3) is 6.88. The topological polar surface area (TPSA) is 0 Å². The van der Waals surface area contributed by atoms with Crippen molar-refractivity contribution in [3.8, 4) is 22.3 Å². The van der Waals surface area contributed by atoms with Gasteiger partial charge in [0.05, 0.1) is 0 Å². The molecule has 240 valence electrons. The molecule has 0 nitrogen and oxygen atoms in total. The smallest absolute Gasteiger partial charge is 0.00261 e. The van der Waals surface area contributed by atoms with Crippen LogP contribution in [0.1, 0.15) is 27.8 Å². The minimum absolute atomic E-state index is 0.800.